The van der Waals surface area contributed by atoms with Gasteiger partial charge in [0.1, 0.15) is 0 Å². The molecule has 0 saturated carbocycles. The number of hydrogen-bond donors (Lipinski definition) is 0. The summed E-state index contributed by atoms with van der Waals surface area (Å²) in [5, 5.41) is 0. The molecular weight excluding hydrogens is 125 g/mol. The van der Waals surface area contributed by atoms with Crippen molar-refractivity contribution in [2.75, 3.05) is 41.3 Å². The van der Waals surface area contributed by atoms with Gasteiger partial charge in [0.15, 0.2) is 0 Å². The molecule has 1 aliphatic rings. The third-order valence-electron chi connectivity index (χ3n) is 2.06. The van der Waals surface area contributed by atoms with Gasteiger partial charge in [-0.25, -0.2) is 0 Å². The monoisotopic (exact) mass is 141 g/mol. The van der Waals surface area contributed by atoms with Crippen molar-refractivity contribution in [3.8, 4) is 0 Å². The molecule has 0 N–H and O–H groups in total. The Bertz CT molecular complexity index is 108. The highest BCUT2D eigenvalue weighted by Crippen LogP contribution is 2.06. The van der Waals surface area contributed by atoms with Crippen LogP contribution in [0.3, 0.4) is 0 Å². The van der Waals surface area contributed by atoms with E-state index in [1.54, 1.807) is 0 Å². The molecule has 0 aromatic rings. The smallest absolute Gasteiger partial charge is 0.319 e. The standard InChI is InChI=1S/C6H16BN3/c1-8(2)7-9(3)5-6-10(7)4/h5-6H2,1-4H3. The van der Waals surface area contributed by atoms with Crippen LogP contribution in [0.2, 0.25) is 0 Å². The topological polar surface area (TPSA) is 9.72 Å². The lowest BCUT2D eigenvalue weighted by Crippen LogP contribution is -2.51. The van der Waals surface area contributed by atoms with E-state index in [9.17, 15) is 0 Å². The molecule has 0 bridgehead atoms. The van der Waals surface area contributed by atoms with Gasteiger partial charge < -0.3 is 14.4 Å². The van der Waals surface area contributed by atoms with E-state index in [4.69, 9.17) is 0 Å². The third-order valence-corrected chi connectivity index (χ3v) is 2.06. The van der Waals surface area contributed by atoms with E-state index in [0.29, 0.717) is 7.12 Å². The summed E-state index contributed by atoms with van der Waals surface area (Å²) in [6.45, 7) is 2.36. The molecule has 0 amide bonds. The molecule has 0 aromatic carbocycles. The molecule has 1 aliphatic heterocycles. The highest BCUT2D eigenvalue weighted by Gasteiger charge is 2.33. The fourth-order valence-corrected chi connectivity index (χ4v) is 1.67. The van der Waals surface area contributed by atoms with E-state index in [1.165, 1.54) is 13.1 Å². The van der Waals surface area contributed by atoms with Gasteiger partial charge in [-0.1, -0.05) is 0 Å². The Morgan fingerprint density at radius 3 is 1.70 bits per heavy atom. The predicted molar refractivity (Wildman–Crippen MR) is 44.7 cm³/mol. The molecule has 1 rings (SSSR count). The van der Waals surface area contributed by atoms with Crippen molar-refractivity contribution in [2.45, 2.75) is 0 Å². The van der Waals surface area contributed by atoms with Crippen LogP contribution in [0.15, 0.2) is 0 Å². The molecular formula is C6H16BN3. The van der Waals surface area contributed by atoms with Crippen LogP contribution in [0, 0.1) is 0 Å². The SMILES string of the molecule is CN(C)B1N(C)CCN1C. The molecule has 4 heteroatoms. The average Bonchev–Trinajstić information content (AvgIpc) is 2.11. The summed E-state index contributed by atoms with van der Waals surface area (Å²) in [6.07, 6.45) is 0. The van der Waals surface area contributed by atoms with Gasteiger partial charge in [-0.15, -0.1) is 0 Å². The molecule has 0 atom stereocenters. The Morgan fingerprint density at radius 1 is 1.10 bits per heavy atom. The van der Waals surface area contributed by atoms with Crippen LogP contribution in [-0.2, 0) is 0 Å². The van der Waals surface area contributed by atoms with Crippen molar-refractivity contribution in [1.29, 1.82) is 0 Å². The first kappa shape index (κ1) is 8.05. The van der Waals surface area contributed by atoms with Gasteiger partial charge in [0.05, 0.1) is 0 Å². The van der Waals surface area contributed by atoms with Gasteiger partial charge in [-0.05, 0) is 28.2 Å². The zero-order valence-corrected chi connectivity index (χ0v) is 7.33. The van der Waals surface area contributed by atoms with Crippen molar-refractivity contribution in [2.24, 2.45) is 0 Å². The fourth-order valence-electron chi connectivity index (χ4n) is 1.67. The van der Waals surface area contributed by atoms with Gasteiger partial charge in [-0.3, -0.25) is 0 Å². The zero-order chi connectivity index (χ0) is 7.72. The maximum atomic E-state index is 2.35. The third kappa shape index (κ3) is 1.33. The van der Waals surface area contributed by atoms with Gasteiger partial charge in [0, 0.05) is 13.1 Å². The molecule has 0 aliphatic carbocycles. The molecule has 1 saturated heterocycles. The minimum absolute atomic E-state index is 0.500. The van der Waals surface area contributed by atoms with Crippen LogP contribution >= 0.6 is 0 Å². The molecule has 3 nitrogen and oxygen atoms in total. The Kier molecular flexibility index (Phi) is 2.34. The van der Waals surface area contributed by atoms with Crippen molar-refractivity contribution in [3.05, 3.63) is 0 Å². The van der Waals surface area contributed by atoms with Gasteiger partial charge in [0.25, 0.3) is 0 Å². The van der Waals surface area contributed by atoms with E-state index >= 15 is 0 Å². The summed E-state index contributed by atoms with van der Waals surface area (Å²) < 4.78 is 0. The van der Waals surface area contributed by atoms with Crippen LogP contribution in [-0.4, -0.2) is 62.8 Å². The average molecular weight is 141 g/mol. The van der Waals surface area contributed by atoms with Crippen LogP contribution in [0.5, 0.6) is 0 Å². The molecule has 0 aromatic heterocycles. The van der Waals surface area contributed by atoms with E-state index in [-0.39, 0.29) is 0 Å². The van der Waals surface area contributed by atoms with Crippen LogP contribution < -0.4 is 0 Å². The van der Waals surface area contributed by atoms with Gasteiger partial charge in [0.2, 0.25) is 0 Å². The van der Waals surface area contributed by atoms with E-state index < -0.39 is 0 Å². The fraction of sp³-hybridized carbons (Fsp3) is 1.00. The number of likely N-dealkylation sites (N-methyl/N-ethyl adjacent to an activating group) is 2. The van der Waals surface area contributed by atoms with Crippen molar-refractivity contribution in [1.82, 2.24) is 14.4 Å². The van der Waals surface area contributed by atoms with E-state index in [2.05, 4.69) is 42.6 Å². The Balaban J connectivity index is 2.54. The van der Waals surface area contributed by atoms with Crippen LogP contribution in [0.4, 0.5) is 0 Å². The maximum Gasteiger partial charge on any atom is 0.402 e. The van der Waals surface area contributed by atoms with Crippen molar-refractivity contribution >= 4 is 7.12 Å². The predicted octanol–water partition coefficient (Wildman–Crippen LogP) is -0.590. The molecule has 1 fully saturated rings. The first-order chi connectivity index (χ1) is 4.63. The Hall–Kier alpha value is -0.0551. The summed E-state index contributed by atoms with van der Waals surface area (Å²) in [7, 11) is 9.05. The zero-order valence-electron chi connectivity index (χ0n) is 7.33. The van der Waals surface area contributed by atoms with E-state index in [1.807, 2.05) is 0 Å². The Labute approximate surface area is 63.7 Å². The molecule has 58 valence electrons. The molecule has 0 radical (unpaired) electrons. The van der Waals surface area contributed by atoms with Crippen LogP contribution in [0.25, 0.3) is 0 Å². The van der Waals surface area contributed by atoms with Gasteiger partial charge >= 0.3 is 7.12 Å². The number of hydrogen-bond acceptors (Lipinski definition) is 3. The highest BCUT2D eigenvalue weighted by molar-refractivity contribution is 6.50. The summed E-state index contributed by atoms with van der Waals surface area (Å²) in [6, 6.07) is 0. The second-order valence-electron chi connectivity index (χ2n) is 3.27. The number of rotatable bonds is 1. The lowest BCUT2D eigenvalue weighted by molar-refractivity contribution is 0.476. The maximum absolute atomic E-state index is 2.35. The highest BCUT2D eigenvalue weighted by atomic mass is 15.4. The van der Waals surface area contributed by atoms with Crippen LogP contribution in [0.1, 0.15) is 0 Å². The summed E-state index contributed by atoms with van der Waals surface area (Å²) in [4.78, 5) is 6.92. The summed E-state index contributed by atoms with van der Waals surface area (Å²) >= 11 is 0. The lowest BCUT2D eigenvalue weighted by Gasteiger charge is -2.25. The van der Waals surface area contributed by atoms with Crippen molar-refractivity contribution in [3.63, 3.8) is 0 Å². The summed E-state index contributed by atoms with van der Waals surface area (Å²) in [5.74, 6) is 0. The largest absolute Gasteiger partial charge is 0.402 e. The quantitative estimate of drug-likeness (QED) is 0.452. The second-order valence-corrected chi connectivity index (χ2v) is 3.27. The molecule has 0 unspecified atom stereocenters. The molecule has 0 spiro atoms. The normalized spacial score (nSPS) is 23.1. The first-order valence-electron chi connectivity index (χ1n) is 3.70. The summed E-state index contributed by atoms with van der Waals surface area (Å²) in [5.41, 5.74) is 0. The first-order valence-corrected chi connectivity index (χ1v) is 3.70. The second kappa shape index (κ2) is 2.90. The molecule has 10 heavy (non-hydrogen) atoms. The van der Waals surface area contributed by atoms with Gasteiger partial charge in [-0.2, -0.15) is 0 Å². The minimum atomic E-state index is 0.500. The Morgan fingerprint density at radius 2 is 1.50 bits per heavy atom. The van der Waals surface area contributed by atoms with Crippen molar-refractivity contribution < 1.29 is 0 Å². The lowest BCUT2D eigenvalue weighted by atomic mass is 9.90. The number of nitrogens with zero attached hydrogens (tertiary/aromatic N) is 3. The van der Waals surface area contributed by atoms with E-state index in [0.717, 1.165) is 0 Å². The molecule has 1 heterocycles. The minimum Gasteiger partial charge on any atom is -0.319 e.